The monoisotopic (exact) mass is 401 g/mol. The van der Waals surface area contributed by atoms with Crippen molar-refractivity contribution in [3.05, 3.63) is 50.7 Å². The molecule has 152 valence electrons. The van der Waals surface area contributed by atoms with Gasteiger partial charge in [0, 0.05) is 4.88 Å². The van der Waals surface area contributed by atoms with E-state index in [-0.39, 0.29) is 17.4 Å². The van der Waals surface area contributed by atoms with Crippen molar-refractivity contribution in [3.63, 3.8) is 0 Å². The van der Waals surface area contributed by atoms with Crippen LogP contribution in [0.25, 0.3) is 0 Å². The molecule has 0 amide bonds. The maximum Gasteiger partial charge on any atom is 0.135 e. The van der Waals surface area contributed by atoms with Crippen LogP contribution in [0, 0.1) is 6.92 Å². The average Bonchev–Trinajstić information content (AvgIpc) is 3.03. The van der Waals surface area contributed by atoms with E-state index in [0.29, 0.717) is 6.61 Å². The van der Waals surface area contributed by atoms with Crippen LogP contribution < -0.4 is 4.74 Å². The number of hydrogen-bond donors (Lipinski definition) is 1. The van der Waals surface area contributed by atoms with Crippen LogP contribution in [0.1, 0.15) is 67.0 Å². The van der Waals surface area contributed by atoms with Crippen molar-refractivity contribution in [2.75, 3.05) is 13.7 Å². The van der Waals surface area contributed by atoms with Gasteiger partial charge < -0.3 is 14.7 Å². The molecule has 0 atom stereocenters. The summed E-state index contributed by atoms with van der Waals surface area (Å²) < 4.78 is 5.98. The lowest BCUT2D eigenvalue weighted by Gasteiger charge is -2.39. The summed E-state index contributed by atoms with van der Waals surface area (Å²) in [6.45, 7) is 11.9. The Morgan fingerprint density at radius 1 is 1.11 bits per heavy atom. The highest BCUT2D eigenvalue weighted by molar-refractivity contribution is 7.14. The molecular formula is C23H31NO3S. The van der Waals surface area contributed by atoms with E-state index in [0.717, 1.165) is 21.9 Å². The third-order valence-electron chi connectivity index (χ3n) is 5.76. The molecule has 28 heavy (non-hydrogen) atoms. The number of aliphatic hydroxyl groups excluding tert-OH is 1. The lowest BCUT2D eigenvalue weighted by atomic mass is 9.66. The van der Waals surface area contributed by atoms with Crippen molar-refractivity contribution in [1.82, 2.24) is 0 Å². The van der Waals surface area contributed by atoms with Gasteiger partial charge in [-0.1, -0.05) is 45.0 Å². The molecule has 0 bridgehead atoms. The van der Waals surface area contributed by atoms with Gasteiger partial charge in [-0.15, -0.1) is 11.3 Å². The first kappa shape index (κ1) is 20.9. The molecule has 0 unspecified atom stereocenters. The first-order chi connectivity index (χ1) is 13.2. The Labute approximate surface area is 172 Å². The zero-order valence-electron chi connectivity index (χ0n) is 17.8. The molecule has 5 heteroatoms. The number of thiophene rings is 1. The van der Waals surface area contributed by atoms with Gasteiger partial charge in [-0.3, -0.25) is 0 Å². The van der Waals surface area contributed by atoms with Crippen LogP contribution in [0.5, 0.6) is 5.75 Å². The maximum absolute atomic E-state index is 9.19. The van der Waals surface area contributed by atoms with Crippen LogP contribution in [0.4, 0.5) is 0 Å². The molecule has 1 heterocycles. The van der Waals surface area contributed by atoms with Gasteiger partial charge in [0.15, 0.2) is 0 Å². The average molecular weight is 402 g/mol. The van der Waals surface area contributed by atoms with Crippen molar-refractivity contribution >= 4 is 17.0 Å². The summed E-state index contributed by atoms with van der Waals surface area (Å²) in [6, 6.07) is 7.47. The second-order valence-electron chi connectivity index (χ2n) is 8.84. The molecule has 1 N–H and O–H groups in total. The van der Waals surface area contributed by atoms with Crippen LogP contribution in [-0.4, -0.2) is 24.5 Å². The first-order valence-corrected chi connectivity index (χ1v) is 10.6. The molecule has 3 rings (SSSR count). The van der Waals surface area contributed by atoms with Crippen LogP contribution in [0.3, 0.4) is 0 Å². The Morgan fingerprint density at radius 2 is 1.75 bits per heavy atom. The fourth-order valence-electron chi connectivity index (χ4n) is 4.03. The molecule has 2 aromatic rings. The number of aliphatic hydroxyl groups is 1. The second kappa shape index (κ2) is 7.88. The first-order valence-electron chi connectivity index (χ1n) is 9.77. The van der Waals surface area contributed by atoms with Crippen molar-refractivity contribution in [1.29, 1.82) is 0 Å². The summed E-state index contributed by atoms with van der Waals surface area (Å²) in [5.74, 6) is 0.751. The van der Waals surface area contributed by atoms with Crippen LogP contribution in [0.2, 0.25) is 0 Å². The molecule has 1 aliphatic carbocycles. The Kier molecular flexibility index (Phi) is 5.87. The Hall–Kier alpha value is -1.85. The normalized spacial score (nSPS) is 17.9. The number of oxime groups is 1. The summed E-state index contributed by atoms with van der Waals surface area (Å²) in [6.07, 6.45) is 2.38. The van der Waals surface area contributed by atoms with Gasteiger partial charge in [-0.25, -0.2) is 0 Å². The minimum absolute atomic E-state index is 0.0299. The molecular weight excluding hydrogens is 370 g/mol. The molecule has 0 saturated heterocycles. The quantitative estimate of drug-likeness (QED) is 0.526. The Morgan fingerprint density at radius 3 is 2.32 bits per heavy atom. The van der Waals surface area contributed by atoms with E-state index in [9.17, 15) is 5.11 Å². The van der Waals surface area contributed by atoms with Gasteiger partial charge in [-0.2, -0.15) is 0 Å². The predicted octanol–water partition coefficient (Wildman–Crippen LogP) is 5.33. The molecule has 1 aromatic heterocycles. The van der Waals surface area contributed by atoms with Crippen molar-refractivity contribution in [2.45, 2.75) is 64.9 Å². The number of ether oxygens (including phenoxy) is 1. The van der Waals surface area contributed by atoms with Gasteiger partial charge in [0.2, 0.25) is 0 Å². The number of fused-ring (bicyclic) bond motifs is 1. The summed E-state index contributed by atoms with van der Waals surface area (Å²) in [5, 5.41) is 13.5. The topological polar surface area (TPSA) is 51.0 Å². The molecule has 0 radical (unpaired) electrons. The fraction of sp³-hybridized carbons (Fsp3) is 0.522. The van der Waals surface area contributed by atoms with E-state index >= 15 is 0 Å². The number of benzene rings is 1. The standard InChI is InChI=1S/C23H31NO3S/c1-15-19-21(23(4,5)12-11-22(19,2)3)28-20(15)18(24-26-6)14-27-17-9-7-16(13-25)8-10-17/h7-10,25H,11-14H2,1-6H3/b24-18-. The van der Waals surface area contributed by atoms with Gasteiger partial charge in [0.05, 0.1) is 11.5 Å². The molecule has 1 aromatic carbocycles. The molecule has 4 nitrogen and oxygen atoms in total. The van der Waals surface area contributed by atoms with Gasteiger partial charge in [0.25, 0.3) is 0 Å². The fourth-order valence-corrected chi connectivity index (χ4v) is 5.61. The molecule has 0 saturated carbocycles. The smallest absolute Gasteiger partial charge is 0.135 e. The molecule has 0 spiro atoms. The number of rotatable bonds is 6. The van der Waals surface area contributed by atoms with Crippen molar-refractivity contribution in [2.24, 2.45) is 5.16 Å². The predicted molar refractivity (Wildman–Crippen MR) is 116 cm³/mol. The summed E-state index contributed by atoms with van der Waals surface area (Å²) >= 11 is 1.84. The van der Waals surface area contributed by atoms with E-state index < -0.39 is 0 Å². The van der Waals surface area contributed by atoms with Gasteiger partial charge >= 0.3 is 0 Å². The van der Waals surface area contributed by atoms with Crippen LogP contribution in [-0.2, 0) is 22.3 Å². The molecule has 0 aliphatic heterocycles. The Bertz CT molecular complexity index is 863. The zero-order chi connectivity index (χ0) is 20.5. The molecule has 1 aliphatic rings. The van der Waals surface area contributed by atoms with Crippen LogP contribution in [0.15, 0.2) is 29.4 Å². The highest BCUT2D eigenvalue weighted by Gasteiger charge is 2.41. The maximum atomic E-state index is 9.19. The van der Waals surface area contributed by atoms with E-state index in [2.05, 4.69) is 39.8 Å². The lowest BCUT2D eigenvalue weighted by Crippen LogP contribution is -2.32. The zero-order valence-corrected chi connectivity index (χ0v) is 18.6. The van der Waals surface area contributed by atoms with E-state index in [1.165, 1.54) is 28.8 Å². The largest absolute Gasteiger partial charge is 0.487 e. The third kappa shape index (κ3) is 3.96. The summed E-state index contributed by atoms with van der Waals surface area (Å²) in [7, 11) is 1.58. The molecule has 0 fully saturated rings. The van der Waals surface area contributed by atoms with Crippen molar-refractivity contribution in [3.8, 4) is 5.75 Å². The van der Waals surface area contributed by atoms with Gasteiger partial charge in [-0.05, 0) is 59.4 Å². The Balaban J connectivity index is 1.93. The number of nitrogens with zero attached hydrogens (tertiary/aromatic N) is 1. The second-order valence-corrected chi connectivity index (χ2v) is 9.86. The highest BCUT2D eigenvalue weighted by Crippen LogP contribution is 2.51. The van der Waals surface area contributed by atoms with Crippen molar-refractivity contribution < 1.29 is 14.7 Å². The van der Waals surface area contributed by atoms with E-state index in [1.54, 1.807) is 7.11 Å². The minimum Gasteiger partial charge on any atom is -0.487 e. The number of hydrogen-bond acceptors (Lipinski definition) is 5. The van der Waals surface area contributed by atoms with Gasteiger partial charge in [0.1, 0.15) is 25.2 Å². The highest BCUT2D eigenvalue weighted by atomic mass is 32.1. The third-order valence-corrected chi connectivity index (χ3v) is 7.47. The van der Waals surface area contributed by atoms with E-state index in [1.807, 2.05) is 35.6 Å². The SMILES string of the molecule is CO/N=C(/COc1ccc(CO)cc1)c1sc2c(c1C)C(C)(C)CCC2(C)C. The lowest BCUT2D eigenvalue weighted by molar-refractivity contribution is 0.210. The minimum atomic E-state index is 0.0299. The van der Waals surface area contributed by atoms with E-state index in [4.69, 9.17) is 9.57 Å². The summed E-state index contributed by atoms with van der Waals surface area (Å²) in [4.78, 5) is 7.78. The summed E-state index contributed by atoms with van der Waals surface area (Å²) in [5.41, 5.74) is 4.80. The van der Waals surface area contributed by atoms with Crippen LogP contribution >= 0.6 is 11.3 Å².